The van der Waals surface area contributed by atoms with Gasteiger partial charge in [0.1, 0.15) is 5.69 Å². The van der Waals surface area contributed by atoms with Crippen molar-refractivity contribution in [3.8, 4) is 0 Å². The third-order valence-electron chi connectivity index (χ3n) is 5.28. The summed E-state index contributed by atoms with van der Waals surface area (Å²) in [7, 11) is 0. The molecule has 1 saturated heterocycles. The summed E-state index contributed by atoms with van der Waals surface area (Å²) < 4.78 is 4.91. The molecule has 0 N–H and O–H groups in total. The molecular formula is C18H17N5O3. The number of benzene rings is 2. The number of nitro groups is 1. The van der Waals surface area contributed by atoms with Crippen LogP contribution in [0.5, 0.6) is 0 Å². The fourth-order valence-corrected chi connectivity index (χ4v) is 4.07. The zero-order valence-corrected chi connectivity index (χ0v) is 14.1. The van der Waals surface area contributed by atoms with E-state index < -0.39 is 0 Å². The summed E-state index contributed by atoms with van der Waals surface area (Å²) in [5.41, 5.74) is 4.44. The van der Waals surface area contributed by atoms with Crippen molar-refractivity contribution in [1.82, 2.24) is 10.3 Å². The lowest BCUT2D eigenvalue weighted by atomic mass is 10.1. The van der Waals surface area contributed by atoms with E-state index in [2.05, 4.69) is 32.2 Å². The van der Waals surface area contributed by atoms with Gasteiger partial charge < -0.3 is 9.80 Å². The molecule has 8 heteroatoms. The molecular weight excluding hydrogens is 334 g/mol. The molecule has 8 nitrogen and oxygen atoms in total. The van der Waals surface area contributed by atoms with Gasteiger partial charge in [-0.1, -0.05) is 18.2 Å². The summed E-state index contributed by atoms with van der Waals surface area (Å²) in [5, 5.41) is 19.7. The average molecular weight is 351 g/mol. The second-order valence-corrected chi connectivity index (χ2v) is 6.71. The third-order valence-corrected chi connectivity index (χ3v) is 5.28. The first kappa shape index (κ1) is 15.1. The molecule has 5 rings (SSSR count). The number of aromatic nitrogens is 2. The Labute approximate surface area is 149 Å². The van der Waals surface area contributed by atoms with Crippen molar-refractivity contribution in [2.24, 2.45) is 0 Å². The molecule has 0 radical (unpaired) electrons. The minimum absolute atomic E-state index is 0.0145. The molecule has 132 valence electrons. The molecule has 0 bridgehead atoms. The van der Waals surface area contributed by atoms with Crippen LogP contribution < -0.4 is 9.80 Å². The lowest BCUT2D eigenvalue weighted by Gasteiger charge is -2.23. The van der Waals surface area contributed by atoms with E-state index in [1.807, 2.05) is 18.2 Å². The Kier molecular flexibility index (Phi) is 3.31. The molecule has 0 aliphatic carbocycles. The Balaban J connectivity index is 1.75. The van der Waals surface area contributed by atoms with Crippen LogP contribution in [0.3, 0.4) is 0 Å². The number of rotatable bonds is 3. The maximum absolute atomic E-state index is 11.8. The first-order chi connectivity index (χ1) is 12.7. The molecule has 2 aromatic carbocycles. The van der Waals surface area contributed by atoms with E-state index in [0.717, 1.165) is 50.3 Å². The van der Waals surface area contributed by atoms with Crippen molar-refractivity contribution in [2.75, 3.05) is 29.4 Å². The van der Waals surface area contributed by atoms with E-state index in [4.69, 9.17) is 4.63 Å². The van der Waals surface area contributed by atoms with Gasteiger partial charge in [-0.3, -0.25) is 10.1 Å². The maximum Gasteiger partial charge on any atom is 0.323 e. The number of fused-ring (bicyclic) bond motifs is 2. The Morgan fingerprint density at radius 2 is 1.77 bits per heavy atom. The number of hydrogen-bond donors (Lipinski definition) is 0. The highest BCUT2D eigenvalue weighted by molar-refractivity contribution is 6.01. The summed E-state index contributed by atoms with van der Waals surface area (Å²) in [4.78, 5) is 15.6. The molecule has 26 heavy (non-hydrogen) atoms. The van der Waals surface area contributed by atoms with Gasteiger partial charge in [-0.15, -0.1) is 0 Å². The maximum atomic E-state index is 11.8. The minimum Gasteiger partial charge on any atom is -0.366 e. The normalized spacial score (nSPS) is 16.5. The Morgan fingerprint density at radius 3 is 2.58 bits per heavy atom. The standard InChI is InChI=1S/C18H17N5O3/c24-23(25)18-15(21-8-3-4-9-21)11-14(16-17(18)20-26-19-16)22-10-7-12-5-1-2-6-13(12)22/h1-2,5-6,11H,3-4,7-10H2. The van der Waals surface area contributed by atoms with Gasteiger partial charge in [0.05, 0.1) is 10.6 Å². The van der Waals surface area contributed by atoms with Gasteiger partial charge in [-0.2, -0.15) is 0 Å². The Hall–Kier alpha value is -3.16. The van der Waals surface area contributed by atoms with Crippen LogP contribution in [0.2, 0.25) is 0 Å². The van der Waals surface area contributed by atoms with Crippen LogP contribution >= 0.6 is 0 Å². The predicted molar refractivity (Wildman–Crippen MR) is 97.1 cm³/mol. The fourth-order valence-electron chi connectivity index (χ4n) is 4.07. The highest BCUT2D eigenvalue weighted by atomic mass is 16.6. The zero-order chi connectivity index (χ0) is 17.7. The van der Waals surface area contributed by atoms with Gasteiger partial charge in [0.15, 0.2) is 5.52 Å². The summed E-state index contributed by atoms with van der Waals surface area (Å²) >= 11 is 0. The molecule has 0 amide bonds. The van der Waals surface area contributed by atoms with Crippen molar-refractivity contribution >= 4 is 33.8 Å². The fraction of sp³-hybridized carbons (Fsp3) is 0.333. The van der Waals surface area contributed by atoms with Gasteiger partial charge in [0.25, 0.3) is 0 Å². The Morgan fingerprint density at radius 1 is 1.00 bits per heavy atom. The third kappa shape index (κ3) is 2.15. The van der Waals surface area contributed by atoms with Crippen molar-refractivity contribution in [2.45, 2.75) is 19.3 Å². The molecule has 3 aromatic rings. The highest BCUT2D eigenvalue weighted by Gasteiger charge is 2.33. The van der Waals surface area contributed by atoms with Crippen molar-refractivity contribution in [3.05, 3.63) is 46.0 Å². The molecule has 2 aliphatic heterocycles. The summed E-state index contributed by atoms with van der Waals surface area (Å²) in [5.74, 6) is 0. The van der Waals surface area contributed by atoms with E-state index in [1.165, 1.54) is 5.56 Å². The topological polar surface area (TPSA) is 88.5 Å². The first-order valence-corrected chi connectivity index (χ1v) is 8.78. The smallest absolute Gasteiger partial charge is 0.323 e. The number of nitrogens with zero attached hydrogens (tertiary/aromatic N) is 5. The van der Waals surface area contributed by atoms with Gasteiger partial charge in [-0.05, 0) is 47.3 Å². The van der Waals surface area contributed by atoms with E-state index in [0.29, 0.717) is 11.2 Å². The molecule has 0 atom stereocenters. The highest BCUT2D eigenvalue weighted by Crippen LogP contribution is 2.44. The van der Waals surface area contributed by atoms with E-state index in [1.54, 1.807) is 0 Å². The van der Waals surface area contributed by atoms with Gasteiger partial charge in [0, 0.05) is 25.3 Å². The molecule has 0 saturated carbocycles. The first-order valence-electron chi connectivity index (χ1n) is 8.78. The van der Waals surface area contributed by atoms with E-state index >= 15 is 0 Å². The minimum atomic E-state index is -0.373. The van der Waals surface area contributed by atoms with Crippen LogP contribution in [-0.4, -0.2) is 34.9 Å². The second-order valence-electron chi connectivity index (χ2n) is 6.71. The van der Waals surface area contributed by atoms with Crippen LogP contribution in [-0.2, 0) is 6.42 Å². The lowest BCUT2D eigenvalue weighted by molar-refractivity contribution is -0.382. The van der Waals surface area contributed by atoms with Crippen LogP contribution in [0, 0.1) is 10.1 Å². The van der Waals surface area contributed by atoms with Crippen molar-refractivity contribution < 1.29 is 9.55 Å². The lowest BCUT2D eigenvalue weighted by Crippen LogP contribution is -2.21. The van der Waals surface area contributed by atoms with Crippen LogP contribution in [0.25, 0.3) is 11.0 Å². The van der Waals surface area contributed by atoms with Gasteiger partial charge in [-0.25, -0.2) is 4.63 Å². The zero-order valence-electron chi connectivity index (χ0n) is 14.1. The molecule has 0 unspecified atom stereocenters. The van der Waals surface area contributed by atoms with Crippen LogP contribution in [0.1, 0.15) is 18.4 Å². The van der Waals surface area contributed by atoms with Crippen molar-refractivity contribution in [1.29, 1.82) is 0 Å². The SMILES string of the molecule is O=[N+]([O-])c1c(N2CCCC2)cc(N2CCc3ccccc32)c2nonc12. The largest absolute Gasteiger partial charge is 0.366 e. The van der Waals surface area contributed by atoms with E-state index in [9.17, 15) is 10.1 Å². The average Bonchev–Trinajstić information content (AvgIpc) is 3.39. The summed E-state index contributed by atoms with van der Waals surface area (Å²) in [6, 6.07) is 10.1. The Bertz CT molecular complexity index is 1010. The predicted octanol–water partition coefficient (Wildman–Crippen LogP) is 3.43. The summed E-state index contributed by atoms with van der Waals surface area (Å²) in [6.45, 7) is 2.43. The molecule has 0 spiro atoms. The van der Waals surface area contributed by atoms with Gasteiger partial charge in [0.2, 0.25) is 5.52 Å². The van der Waals surface area contributed by atoms with E-state index in [-0.39, 0.29) is 16.1 Å². The molecule has 1 aromatic heterocycles. The van der Waals surface area contributed by atoms with Crippen LogP contribution in [0.15, 0.2) is 35.0 Å². The number of nitro benzene ring substituents is 1. The number of para-hydroxylation sites is 1. The number of hydrogen-bond acceptors (Lipinski definition) is 7. The number of anilines is 3. The summed E-state index contributed by atoms with van der Waals surface area (Å²) in [6.07, 6.45) is 3.00. The quantitative estimate of drug-likeness (QED) is 0.527. The van der Waals surface area contributed by atoms with Crippen LogP contribution in [0.4, 0.5) is 22.7 Å². The molecule has 1 fully saturated rings. The monoisotopic (exact) mass is 351 g/mol. The van der Waals surface area contributed by atoms with Gasteiger partial charge >= 0.3 is 5.69 Å². The second kappa shape index (κ2) is 5.69. The molecule has 3 heterocycles. The van der Waals surface area contributed by atoms with Crippen molar-refractivity contribution in [3.63, 3.8) is 0 Å². The molecule has 2 aliphatic rings.